The Kier molecular flexibility index (Phi) is 4.69. The van der Waals surface area contributed by atoms with E-state index in [4.69, 9.17) is 15.3 Å². The standard InChI is InChI=1S/C11H20N6O2/c1-17-6-3-4-8(17)5-7-19-11-14-9(16-12)13-10(15-11)18-2/h8H,3-7,12H2,1-2H3,(H,13,14,15,16). The van der Waals surface area contributed by atoms with Crippen molar-refractivity contribution in [2.75, 3.05) is 32.7 Å². The number of hydrogen-bond donors (Lipinski definition) is 2. The number of nitrogens with one attached hydrogen (secondary N) is 1. The zero-order valence-electron chi connectivity index (χ0n) is 11.3. The molecule has 19 heavy (non-hydrogen) atoms. The van der Waals surface area contributed by atoms with Crippen LogP contribution in [0.15, 0.2) is 0 Å². The van der Waals surface area contributed by atoms with Gasteiger partial charge in [0.15, 0.2) is 0 Å². The average Bonchev–Trinajstić information content (AvgIpc) is 2.84. The number of methoxy groups -OCH3 is 1. The minimum Gasteiger partial charge on any atom is -0.467 e. The molecule has 0 aliphatic carbocycles. The number of likely N-dealkylation sites (tertiary alicyclic amines) is 1. The van der Waals surface area contributed by atoms with E-state index >= 15 is 0 Å². The monoisotopic (exact) mass is 268 g/mol. The molecular formula is C11H20N6O2. The van der Waals surface area contributed by atoms with Gasteiger partial charge >= 0.3 is 12.0 Å². The van der Waals surface area contributed by atoms with Gasteiger partial charge in [0.1, 0.15) is 0 Å². The van der Waals surface area contributed by atoms with Gasteiger partial charge in [-0.15, -0.1) is 4.98 Å². The molecular weight excluding hydrogens is 248 g/mol. The van der Waals surface area contributed by atoms with E-state index in [9.17, 15) is 0 Å². The summed E-state index contributed by atoms with van der Waals surface area (Å²) in [5, 5.41) is 0. The van der Waals surface area contributed by atoms with Crippen LogP contribution in [-0.4, -0.2) is 53.2 Å². The first-order chi connectivity index (χ1) is 9.22. The lowest BCUT2D eigenvalue weighted by atomic mass is 10.2. The first-order valence-corrected chi connectivity index (χ1v) is 6.32. The van der Waals surface area contributed by atoms with Gasteiger partial charge in [0, 0.05) is 6.04 Å². The topological polar surface area (TPSA) is 98.4 Å². The predicted octanol–water partition coefficient (Wildman–Crippen LogP) is 0.0289. The van der Waals surface area contributed by atoms with E-state index in [-0.39, 0.29) is 18.0 Å². The molecule has 8 heteroatoms. The molecule has 2 rings (SSSR count). The second kappa shape index (κ2) is 6.48. The number of aromatic nitrogens is 3. The van der Waals surface area contributed by atoms with Crippen molar-refractivity contribution in [2.24, 2.45) is 5.84 Å². The van der Waals surface area contributed by atoms with Crippen LogP contribution >= 0.6 is 0 Å². The Labute approximate surface area is 112 Å². The third kappa shape index (κ3) is 3.65. The summed E-state index contributed by atoms with van der Waals surface area (Å²) in [6.07, 6.45) is 3.42. The molecule has 1 unspecified atom stereocenters. The van der Waals surface area contributed by atoms with E-state index in [1.165, 1.54) is 20.0 Å². The zero-order valence-corrected chi connectivity index (χ0v) is 11.3. The normalized spacial score (nSPS) is 19.4. The molecule has 1 atom stereocenters. The highest BCUT2D eigenvalue weighted by atomic mass is 16.5. The molecule has 1 aromatic rings. The minimum atomic E-state index is 0.177. The molecule has 0 amide bonds. The van der Waals surface area contributed by atoms with E-state index in [2.05, 4.69) is 32.3 Å². The molecule has 8 nitrogen and oxygen atoms in total. The van der Waals surface area contributed by atoms with Gasteiger partial charge in [-0.25, -0.2) is 5.84 Å². The van der Waals surface area contributed by atoms with Crippen LogP contribution < -0.4 is 20.7 Å². The summed E-state index contributed by atoms with van der Waals surface area (Å²) in [4.78, 5) is 14.3. The number of nitrogens with zero attached hydrogens (tertiary/aromatic N) is 4. The molecule has 2 heterocycles. The van der Waals surface area contributed by atoms with Crippen molar-refractivity contribution in [1.82, 2.24) is 19.9 Å². The molecule has 1 saturated heterocycles. The minimum absolute atomic E-state index is 0.177. The van der Waals surface area contributed by atoms with Crippen molar-refractivity contribution in [3.8, 4) is 12.0 Å². The lowest BCUT2D eigenvalue weighted by molar-refractivity contribution is 0.220. The smallest absolute Gasteiger partial charge is 0.324 e. The molecule has 0 spiro atoms. The maximum Gasteiger partial charge on any atom is 0.324 e. The number of nitrogens with two attached hydrogens (primary N) is 1. The summed E-state index contributed by atoms with van der Waals surface area (Å²) in [5.74, 6) is 5.49. The number of hydrogen-bond acceptors (Lipinski definition) is 8. The fourth-order valence-electron chi connectivity index (χ4n) is 2.19. The Hall–Kier alpha value is -1.67. The Balaban J connectivity index is 1.88. The van der Waals surface area contributed by atoms with Gasteiger partial charge in [-0.2, -0.15) is 9.97 Å². The SMILES string of the molecule is COc1nc(NN)nc(OCCC2CCCN2C)n1. The first-order valence-electron chi connectivity index (χ1n) is 6.32. The molecule has 1 aromatic heterocycles. The van der Waals surface area contributed by atoms with Crippen LogP contribution in [0.5, 0.6) is 12.0 Å². The van der Waals surface area contributed by atoms with E-state index in [0.29, 0.717) is 12.6 Å². The molecule has 1 aliphatic rings. The lowest BCUT2D eigenvalue weighted by Crippen LogP contribution is -2.26. The van der Waals surface area contributed by atoms with Gasteiger partial charge < -0.3 is 14.4 Å². The van der Waals surface area contributed by atoms with E-state index < -0.39 is 0 Å². The second-order valence-electron chi connectivity index (χ2n) is 4.49. The maximum absolute atomic E-state index is 5.54. The Morgan fingerprint density at radius 1 is 1.37 bits per heavy atom. The summed E-state index contributed by atoms with van der Waals surface area (Å²) in [6.45, 7) is 1.72. The Bertz CT molecular complexity index is 394. The highest BCUT2D eigenvalue weighted by Gasteiger charge is 2.20. The third-order valence-electron chi connectivity index (χ3n) is 3.26. The largest absolute Gasteiger partial charge is 0.467 e. The number of ether oxygens (including phenoxy) is 2. The number of anilines is 1. The average molecular weight is 268 g/mol. The van der Waals surface area contributed by atoms with Crippen LogP contribution in [0.2, 0.25) is 0 Å². The van der Waals surface area contributed by atoms with Gasteiger partial charge in [-0.3, -0.25) is 5.43 Å². The van der Waals surface area contributed by atoms with Gasteiger partial charge in [0.2, 0.25) is 5.95 Å². The van der Waals surface area contributed by atoms with Crippen LogP contribution in [0.4, 0.5) is 5.95 Å². The maximum atomic E-state index is 5.54. The van der Waals surface area contributed by atoms with Crippen LogP contribution in [0, 0.1) is 0 Å². The number of rotatable bonds is 6. The molecule has 0 radical (unpaired) electrons. The van der Waals surface area contributed by atoms with E-state index in [1.54, 1.807) is 0 Å². The zero-order chi connectivity index (χ0) is 13.7. The summed E-state index contributed by atoms with van der Waals surface area (Å²) >= 11 is 0. The van der Waals surface area contributed by atoms with Crippen molar-refractivity contribution < 1.29 is 9.47 Å². The molecule has 0 aromatic carbocycles. The molecule has 0 saturated carbocycles. The highest BCUT2D eigenvalue weighted by Crippen LogP contribution is 2.18. The quantitative estimate of drug-likeness (QED) is 0.551. The lowest BCUT2D eigenvalue weighted by Gasteiger charge is -2.18. The Morgan fingerprint density at radius 3 is 2.79 bits per heavy atom. The summed E-state index contributed by atoms with van der Waals surface area (Å²) in [5.41, 5.74) is 2.35. The van der Waals surface area contributed by atoms with E-state index in [0.717, 1.165) is 13.0 Å². The van der Waals surface area contributed by atoms with Crippen LogP contribution in [0.1, 0.15) is 19.3 Å². The van der Waals surface area contributed by atoms with Gasteiger partial charge in [0.25, 0.3) is 0 Å². The van der Waals surface area contributed by atoms with Crippen LogP contribution in [0.25, 0.3) is 0 Å². The number of hydrazine groups is 1. The van der Waals surface area contributed by atoms with Gasteiger partial charge in [0.05, 0.1) is 13.7 Å². The van der Waals surface area contributed by atoms with Crippen LogP contribution in [-0.2, 0) is 0 Å². The van der Waals surface area contributed by atoms with Crippen molar-refractivity contribution in [3.63, 3.8) is 0 Å². The summed E-state index contributed by atoms with van der Waals surface area (Å²) < 4.78 is 10.5. The highest BCUT2D eigenvalue weighted by molar-refractivity contribution is 5.25. The van der Waals surface area contributed by atoms with Gasteiger partial charge in [-0.05, 0) is 32.9 Å². The first kappa shape index (κ1) is 13.8. The fraction of sp³-hybridized carbons (Fsp3) is 0.727. The summed E-state index contributed by atoms with van der Waals surface area (Å²) in [7, 11) is 3.62. The molecule has 1 fully saturated rings. The van der Waals surface area contributed by atoms with Crippen molar-refractivity contribution in [1.29, 1.82) is 0 Å². The van der Waals surface area contributed by atoms with Crippen molar-refractivity contribution >= 4 is 5.95 Å². The van der Waals surface area contributed by atoms with Gasteiger partial charge in [-0.1, -0.05) is 0 Å². The summed E-state index contributed by atoms with van der Waals surface area (Å²) in [6, 6.07) is 0.979. The molecule has 3 N–H and O–H groups in total. The molecule has 106 valence electrons. The van der Waals surface area contributed by atoms with Crippen molar-refractivity contribution in [2.45, 2.75) is 25.3 Å². The second-order valence-corrected chi connectivity index (χ2v) is 4.49. The van der Waals surface area contributed by atoms with E-state index in [1.807, 2.05) is 0 Å². The van der Waals surface area contributed by atoms with Crippen LogP contribution in [0.3, 0.4) is 0 Å². The predicted molar refractivity (Wildman–Crippen MR) is 70.0 cm³/mol. The van der Waals surface area contributed by atoms with Crippen molar-refractivity contribution in [3.05, 3.63) is 0 Å². The fourth-order valence-corrected chi connectivity index (χ4v) is 2.19. The third-order valence-corrected chi connectivity index (χ3v) is 3.26. The number of nitrogen functional groups attached to an aromatic ring is 1. The Morgan fingerprint density at radius 2 is 2.16 bits per heavy atom. The molecule has 1 aliphatic heterocycles. The molecule has 0 bridgehead atoms.